The van der Waals surface area contributed by atoms with Crippen LogP contribution in [0.1, 0.15) is 15.9 Å². The first kappa shape index (κ1) is 18.9. The molecule has 0 radical (unpaired) electrons. The SMILES string of the molecule is Cc1ccccc1C(=O)N1CCN(c2ccc(NN=C(C#N)C#N)cc2)CC1. The molecule has 1 aliphatic rings. The average molecular weight is 372 g/mol. The van der Waals surface area contributed by atoms with E-state index < -0.39 is 0 Å². The van der Waals surface area contributed by atoms with Crippen molar-refractivity contribution in [3.63, 3.8) is 0 Å². The van der Waals surface area contributed by atoms with Crippen molar-refractivity contribution in [1.29, 1.82) is 10.5 Å². The molecule has 1 N–H and O–H groups in total. The summed E-state index contributed by atoms with van der Waals surface area (Å²) in [7, 11) is 0. The van der Waals surface area contributed by atoms with Gasteiger partial charge in [0.1, 0.15) is 12.1 Å². The number of piperazine rings is 1. The second-order valence-electron chi connectivity index (χ2n) is 6.44. The van der Waals surface area contributed by atoms with Gasteiger partial charge in [0.2, 0.25) is 5.71 Å². The van der Waals surface area contributed by atoms with E-state index in [1.165, 1.54) is 0 Å². The number of nitrogens with zero attached hydrogens (tertiary/aromatic N) is 5. The number of carbonyl (C=O) groups is 1. The van der Waals surface area contributed by atoms with Gasteiger partial charge in [0.15, 0.2) is 0 Å². The average Bonchev–Trinajstić information content (AvgIpc) is 2.75. The van der Waals surface area contributed by atoms with Crippen LogP contribution in [-0.2, 0) is 0 Å². The molecule has 7 nitrogen and oxygen atoms in total. The van der Waals surface area contributed by atoms with E-state index in [1.54, 1.807) is 12.1 Å². The van der Waals surface area contributed by atoms with E-state index in [-0.39, 0.29) is 11.6 Å². The monoisotopic (exact) mass is 372 g/mol. The lowest BCUT2D eigenvalue weighted by molar-refractivity contribution is 0.0746. The van der Waals surface area contributed by atoms with Gasteiger partial charge in [0, 0.05) is 37.4 Å². The van der Waals surface area contributed by atoms with Gasteiger partial charge in [-0.15, -0.1) is 0 Å². The Hall–Kier alpha value is -3.84. The normalized spacial score (nSPS) is 13.2. The van der Waals surface area contributed by atoms with Gasteiger partial charge in [0.05, 0.1) is 5.69 Å². The molecule has 2 aromatic carbocycles. The van der Waals surface area contributed by atoms with Crippen LogP contribution in [0.2, 0.25) is 0 Å². The van der Waals surface area contributed by atoms with E-state index in [4.69, 9.17) is 10.5 Å². The molecule has 2 aromatic rings. The highest BCUT2D eigenvalue weighted by molar-refractivity contribution is 6.10. The molecule has 1 amide bonds. The molecule has 7 heteroatoms. The molecule has 140 valence electrons. The molecule has 0 spiro atoms. The highest BCUT2D eigenvalue weighted by Gasteiger charge is 2.23. The van der Waals surface area contributed by atoms with Crippen molar-refractivity contribution in [3.05, 3.63) is 59.7 Å². The van der Waals surface area contributed by atoms with E-state index in [9.17, 15) is 4.79 Å². The van der Waals surface area contributed by atoms with Crippen LogP contribution in [0, 0.1) is 29.6 Å². The number of nitrogens with one attached hydrogen (secondary N) is 1. The number of benzene rings is 2. The lowest BCUT2D eigenvalue weighted by Gasteiger charge is -2.36. The fourth-order valence-electron chi connectivity index (χ4n) is 3.09. The van der Waals surface area contributed by atoms with Crippen LogP contribution in [-0.4, -0.2) is 42.7 Å². The van der Waals surface area contributed by atoms with Gasteiger partial charge < -0.3 is 9.80 Å². The quantitative estimate of drug-likeness (QED) is 0.658. The Labute approximate surface area is 164 Å². The van der Waals surface area contributed by atoms with Gasteiger partial charge in [-0.3, -0.25) is 10.2 Å². The van der Waals surface area contributed by atoms with E-state index in [2.05, 4.69) is 15.4 Å². The van der Waals surface area contributed by atoms with Crippen LogP contribution < -0.4 is 10.3 Å². The number of rotatable bonds is 4. The lowest BCUT2D eigenvalue weighted by Crippen LogP contribution is -2.48. The molecular weight excluding hydrogens is 352 g/mol. The second kappa shape index (κ2) is 8.70. The number of hydrogen-bond donors (Lipinski definition) is 1. The Balaban J connectivity index is 1.59. The molecule has 0 unspecified atom stereocenters. The molecule has 1 aliphatic heterocycles. The fraction of sp³-hybridized carbons (Fsp3) is 0.238. The van der Waals surface area contributed by atoms with Crippen molar-refractivity contribution in [3.8, 4) is 12.1 Å². The largest absolute Gasteiger partial charge is 0.368 e. The summed E-state index contributed by atoms with van der Waals surface area (Å²) in [6.45, 7) is 4.82. The standard InChI is InChI=1S/C21H20N6O/c1-16-4-2-3-5-20(16)21(28)27-12-10-26(11-13-27)19-8-6-17(7-9-19)24-25-18(14-22)15-23/h2-9,24H,10-13H2,1H3. The van der Waals surface area contributed by atoms with Crippen LogP contribution >= 0.6 is 0 Å². The Morgan fingerprint density at radius 3 is 2.25 bits per heavy atom. The molecule has 3 rings (SSSR count). The third-order valence-electron chi connectivity index (χ3n) is 4.68. The molecule has 1 saturated heterocycles. The van der Waals surface area contributed by atoms with Crippen LogP contribution in [0.4, 0.5) is 11.4 Å². The van der Waals surface area contributed by atoms with Gasteiger partial charge in [-0.25, -0.2) is 0 Å². The van der Waals surface area contributed by atoms with E-state index in [1.807, 2.05) is 60.4 Å². The van der Waals surface area contributed by atoms with Crippen molar-refractivity contribution in [1.82, 2.24) is 4.90 Å². The third kappa shape index (κ3) is 4.28. The van der Waals surface area contributed by atoms with E-state index in [0.29, 0.717) is 18.8 Å². The minimum atomic E-state index is -0.224. The fourth-order valence-corrected chi connectivity index (χ4v) is 3.09. The van der Waals surface area contributed by atoms with E-state index in [0.717, 1.165) is 29.9 Å². The molecule has 0 saturated carbocycles. The molecular formula is C21H20N6O. The number of aryl methyl sites for hydroxylation is 1. The lowest BCUT2D eigenvalue weighted by atomic mass is 10.1. The molecule has 1 fully saturated rings. The van der Waals surface area contributed by atoms with E-state index >= 15 is 0 Å². The predicted molar refractivity (Wildman–Crippen MR) is 108 cm³/mol. The van der Waals surface area contributed by atoms with Crippen molar-refractivity contribution >= 4 is 23.0 Å². The van der Waals surface area contributed by atoms with Gasteiger partial charge >= 0.3 is 0 Å². The van der Waals surface area contributed by atoms with Gasteiger partial charge in [0.25, 0.3) is 5.91 Å². The first-order valence-electron chi connectivity index (χ1n) is 8.96. The first-order valence-corrected chi connectivity index (χ1v) is 8.96. The molecule has 0 atom stereocenters. The van der Waals surface area contributed by atoms with Crippen LogP contribution in [0.5, 0.6) is 0 Å². The summed E-state index contributed by atoms with van der Waals surface area (Å²) in [6, 6.07) is 18.7. The summed E-state index contributed by atoms with van der Waals surface area (Å²) in [4.78, 5) is 16.9. The van der Waals surface area contributed by atoms with Gasteiger partial charge in [-0.2, -0.15) is 15.6 Å². The summed E-state index contributed by atoms with van der Waals surface area (Å²) in [5.41, 5.74) is 5.98. The maximum atomic E-state index is 12.7. The maximum Gasteiger partial charge on any atom is 0.254 e. The van der Waals surface area contributed by atoms with Crippen molar-refractivity contribution < 1.29 is 4.79 Å². The number of amides is 1. The second-order valence-corrected chi connectivity index (χ2v) is 6.44. The Kier molecular flexibility index (Phi) is 5.88. The van der Waals surface area contributed by atoms with Gasteiger partial charge in [-0.1, -0.05) is 18.2 Å². The van der Waals surface area contributed by atoms with Crippen LogP contribution in [0.15, 0.2) is 53.6 Å². The number of hydrazone groups is 1. The molecule has 0 aromatic heterocycles. The smallest absolute Gasteiger partial charge is 0.254 e. The van der Waals surface area contributed by atoms with Crippen LogP contribution in [0.3, 0.4) is 0 Å². The van der Waals surface area contributed by atoms with Crippen molar-refractivity contribution in [2.75, 3.05) is 36.5 Å². The topological polar surface area (TPSA) is 95.5 Å². The zero-order valence-corrected chi connectivity index (χ0v) is 15.6. The predicted octanol–water partition coefficient (Wildman–Crippen LogP) is 2.77. The zero-order valence-electron chi connectivity index (χ0n) is 15.6. The summed E-state index contributed by atoms with van der Waals surface area (Å²) in [5.74, 6) is 0.0842. The number of nitriles is 2. The highest BCUT2D eigenvalue weighted by Crippen LogP contribution is 2.20. The Morgan fingerprint density at radius 1 is 1.00 bits per heavy atom. The zero-order chi connectivity index (χ0) is 19.9. The number of hydrogen-bond acceptors (Lipinski definition) is 6. The van der Waals surface area contributed by atoms with Crippen molar-refractivity contribution in [2.24, 2.45) is 5.10 Å². The first-order chi connectivity index (χ1) is 13.6. The summed E-state index contributed by atoms with van der Waals surface area (Å²) < 4.78 is 0. The van der Waals surface area contributed by atoms with Crippen molar-refractivity contribution in [2.45, 2.75) is 6.92 Å². The van der Waals surface area contributed by atoms with Crippen LogP contribution in [0.25, 0.3) is 0 Å². The molecule has 0 aliphatic carbocycles. The summed E-state index contributed by atoms with van der Waals surface area (Å²) >= 11 is 0. The molecule has 0 bridgehead atoms. The number of carbonyl (C=O) groups excluding carboxylic acids is 1. The molecule has 28 heavy (non-hydrogen) atoms. The third-order valence-corrected chi connectivity index (χ3v) is 4.68. The Bertz CT molecular complexity index is 944. The highest BCUT2D eigenvalue weighted by atomic mass is 16.2. The summed E-state index contributed by atoms with van der Waals surface area (Å²) in [5, 5.41) is 21.1. The minimum Gasteiger partial charge on any atom is -0.368 e. The maximum absolute atomic E-state index is 12.7. The van der Waals surface area contributed by atoms with Gasteiger partial charge in [-0.05, 0) is 42.8 Å². The molecule has 1 heterocycles. The summed E-state index contributed by atoms with van der Waals surface area (Å²) in [6.07, 6.45) is 0. The number of anilines is 2. The Morgan fingerprint density at radius 2 is 1.64 bits per heavy atom. The minimum absolute atomic E-state index is 0.0842.